The first-order valence-corrected chi connectivity index (χ1v) is 8.07. The van der Waals surface area contributed by atoms with E-state index in [1.54, 1.807) is 11.8 Å². The van der Waals surface area contributed by atoms with Crippen molar-refractivity contribution in [3.8, 4) is 0 Å². The highest BCUT2D eigenvalue weighted by atomic mass is 35.5. The van der Waals surface area contributed by atoms with Gasteiger partial charge in [0.25, 0.3) is 0 Å². The molecule has 2 aromatic rings. The van der Waals surface area contributed by atoms with Crippen molar-refractivity contribution in [2.75, 3.05) is 12.3 Å². The molecule has 18 heavy (non-hydrogen) atoms. The first kappa shape index (κ1) is 13.9. The highest BCUT2D eigenvalue weighted by Gasteiger charge is 1.99. The molecule has 0 bridgehead atoms. The van der Waals surface area contributed by atoms with Gasteiger partial charge in [0.05, 0.1) is 5.02 Å². The number of hydrogen-bond acceptors (Lipinski definition) is 3. The zero-order valence-corrected chi connectivity index (χ0v) is 12.7. The lowest BCUT2D eigenvalue weighted by Crippen LogP contribution is -2.15. The Morgan fingerprint density at radius 3 is 2.78 bits per heavy atom. The second kappa shape index (κ2) is 7.19. The number of nitrogens with one attached hydrogen (secondary N) is 1. The molecule has 4 heteroatoms. The van der Waals surface area contributed by atoms with Gasteiger partial charge < -0.3 is 5.32 Å². The molecule has 96 valence electrons. The summed E-state index contributed by atoms with van der Waals surface area (Å²) in [7, 11) is 0. The molecule has 0 atom stereocenters. The molecule has 0 fully saturated rings. The van der Waals surface area contributed by atoms with Crippen LogP contribution in [0.4, 0.5) is 0 Å². The van der Waals surface area contributed by atoms with Crippen LogP contribution in [0.15, 0.2) is 41.3 Å². The molecule has 0 radical (unpaired) electrons. The molecular formula is C14H16ClNS2. The quantitative estimate of drug-likeness (QED) is 0.618. The van der Waals surface area contributed by atoms with E-state index in [1.807, 2.05) is 29.5 Å². The van der Waals surface area contributed by atoms with Crippen LogP contribution in [0.3, 0.4) is 0 Å². The standard InChI is InChI=1S/C14H16ClNS2/c1-11-6-7-12(18-11)10-16-8-9-17-14-5-3-2-4-13(14)15/h2-7,16H,8-10H2,1H3. The Kier molecular flexibility index (Phi) is 5.57. The number of thioether (sulfide) groups is 1. The van der Waals surface area contributed by atoms with Crippen molar-refractivity contribution in [2.24, 2.45) is 0 Å². The van der Waals surface area contributed by atoms with Crippen molar-refractivity contribution < 1.29 is 0 Å². The van der Waals surface area contributed by atoms with Crippen molar-refractivity contribution in [3.63, 3.8) is 0 Å². The molecule has 0 aliphatic rings. The summed E-state index contributed by atoms with van der Waals surface area (Å²) in [6.07, 6.45) is 0. The van der Waals surface area contributed by atoms with E-state index in [4.69, 9.17) is 11.6 Å². The van der Waals surface area contributed by atoms with Crippen LogP contribution in [0.5, 0.6) is 0 Å². The van der Waals surface area contributed by atoms with Gasteiger partial charge in [0.2, 0.25) is 0 Å². The summed E-state index contributed by atoms with van der Waals surface area (Å²) in [5.41, 5.74) is 0. The Morgan fingerprint density at radius 2 is 2.06 bits per heavy atom. The fourth-order valence-electron chi connectivity index (χ4n) is 1.59. The molecule has 0 aliphatic carbocycles. The first-order chi connectivity index (χ1) is 8.75. The molecule has 1 N–H and O–H groups in total. The Hall–Kier alpha value is -0.480. The van der Waals surface area contributed by atoms with E-state index in [2.05, 4.69) is 30.4 Å². The van der Waals surface area contributed by atoms with E-state index < -0.39 is 0 Å². The van der Waals surface area contributed by atoms with Crippen molar-refractivity contribution in [1.82, 2.24) is 5.32 Å². The van der Waals surface area contributed by atoms with E-state index in [1.165, 1.54) is 9.75 Å². The van der Waals surface area contributed by atoms with Gasteiger partial charge in [-0.25, -0.2) is 0 Å². The Morgan fingerprint density at radius 1 is 1.22 bits per heavy atom. The summed E-state index contributed by atoms with van der Waals surface area (Å²) < 4.78 is 0. The van der Waals surface area contributed by atoms with E-state index in [0.717, 1.165) is 28.8 Å². The third kappa shape index (κ3) is 4.32. The largest absolute Gasteiger partial charge is 0.311 e. The third-order valence-corrected chi connectivity index (χ3v) is 4.99. The van der Waals surface area contributed by atoms with Crippen LogP contribution in [-0.2, 0) is 6.54 Å². The molecule has 0 unspecified atom stereocenters. The lowest BCUT2D eigenvalue weighted by atomic mass is 10.4. The summed E-state index contributed by atoms with van der Waals surface area (Å²) in [6, 6.07) is 12.3. The lowest BCUT2D eigenvalue weighted by molar-refractivity contribution is 0.741. The Labute approximate surface area is 122 Å². The molecule has 1 aromatic carbocycles. The highest BCUT2D eigenvalue weighted by molar-refractivity contribution is 7.99. The van der Waals surface area contributed by atoms with Gasteiger partial charge in [0.1, 0.15) is 0 Å². The van der Waals surface area contributed by atoms with Gasteiger partial charge in [-0.2, -0.15) is 0 Å². The van der Waals surface area contributed by atoms with E-state index >= 15 is 0 Å². The van der Waals surface area contributed by atoms with Gasteiger partial charge >= 0.3 is 0 Å². The fraction of sp³-hybridized carbons (Fsp3) is 0.286. The van der Waals surface area contributed by atoms with Crippen LogP contribution >= 0.6 is 34.7 Å². The van der Waals surface area contributed by atoms with Crippen LogP contribution in [0.2, 0.25) is 5.02 Å². The van der Waals surface area contributed by atoms with Crippen LogP contribution in [-0.4, -0.2) is 12.3 Å². The predicted octanol–water partition coefficient (Wildman–Crippen LogP) is 4.59. The summed E-state index contributed by atoms with van der Waals surface area (Å²) in [5, 5.41) is 4.30. The predicted molar refractivity (Wildman–Crippen MR) is 82.9 cm³/mol. The monoisotopic (exact) mass is 297 g/mol. The van der Waals surface area contributed by atoms with Crippen LogP contribution in [0, 0.1) is 6.92 Å². The third-order valence-electron chi connectivity index (χ3n) is 2.47. The van der Waals surface area contributed by atoms with Crippen molar-refractivity contribution in [2.45, 2.75) is 18.4 Å². The van der Waals surface area contributed by atoms with Crippen LogP contribution < -0.4 is 5.32 Å². The van der Waals surface area contributed by atoms with Crippen LogP contribution in [0.25, 0.3) is 0 Å². The number of hydrogen-bond donors (Lipinski definition) is 1. The Balaban J connectivity index is 1.66. The van der Waals surface area contributed by atoms with E-state index in [0.29, 0.717) is 0 Å². The van der Waals surface area contributed by atoms with E-state index in [-0.39, 0.29) is 0 Å². The molecule has 0 saturated carbocycles. The average molecular weight is 298 g/mol. The molecular weight excluding hydrogens is 282 g/mol. The normalized spacial score (nSPS) is 10.8. The van der Waals surface area contributed by atoms with Crippen molar-refractivity contribution >= 4 is 34.7 Å². The fourth-order valence-corrected chi connectivity index (χ4v) is 3.59. The summed E-state index contributed by atoms with van der Waals surface area (Å²) >= 11 is 9.75. The summed E-state index contributed by atoms with van der Waals surface area (Å²) in [5.74, 6) is 1.04. The molecule has 0 spiro atoms. The number of rotatable bonds is 6. The summed E-state index contributed by atoms with van der Waals surface area (Å²) in [4.78, 5) is 3.93. The number of halogens is 1. The molecule has 0 amide bonds. The maximum Gasteiger partial charge on any atom is 0.0541 e. The zero-order chi connectivity index (χ0) is 12.8. The van der Waals surface area contributed by atoms with Crippen LogP contribution in [0.1, 0.15) is 9.75 Å². The van der Waals surface area contributed by atoms with Gasteiger partial charge in [0, 0.05) is 33.5 Å². The minimum atomic E-state index is 0.844. The zero-order valence-electron chi connectivity index (χ0n) is 10.3. The first-order valence-electron chi connectivity index (χ1n) is 5.89. The Bertz CT molecular complexity index is 496. The van der Waals surface area contributed by atoms with Gasteiger partial charge in [-0.15, -0.1) is 23.1 Å². The molecule has 1 aromatic heterocycles. The maximum atomic E-state index is 6.10. The van der Waals surface area contributed by atoms with Gasteiger partial charge in [0.15, 0.2) is 0 Å². The molecule has 0 aliphatic heterocycles. The second-order valence-electron chi connectivity index (χ2n) is 3.97. The lowest BCUT2D eigenvalue weighted by Gasteiger charge is -2.04. The molecule has 1 heterocycles. The summed E-state index contributed by atoms with van der Waals surface area (Å²) in [6.45, 7) is 4.09. The highest BCUT2D eigenvalue weighted by Crippen LogP contribution is 2.25. The second-order valence-corrected chi connectivity index (χ2v) is 6.88. The number of benzene rings is 1. The molecule has 1 nitrogen and oxygen atoms in total. The van der Waals surface area contributed by atoms with Gasteiger partial charge in [-0.05, 0) is 31.2 Å². The number of thiophene rings is 1. The SMILES string of the molecule is Cc1ccc(CNCCSc2ccccc2Cl)s1. The minimum absolute atomic E-state index is 0.844. The van der Waals surface area contributed by atoms with Crippen molar-refractivity contribution in [1.29, 1.82) is 0 Å². The maximum absolute atomic E-state index is 6.10. The average Bonchev–Trinajstić information content (AvgIpc) is 2.77. The van der Waals surface area contributed by atoms with Crippen molar-refractivity contribution in [3.05, 3.63) is 51.2 Å². The minimum Gasteiger partial charge on any atom is -0.311 e. The topological polar surface area (TPSA) is 12.0 Å². The van der Waals surface area contributed by atoms with Gasteiger partial charge in [-0.1, -0.05) is 23.7 Å². The molecule has 0 saturated heterocycles. The van der Waals surface area contributed by atoms with E-state index in [9.17, 15) is 0 Å². The smallest absolute Gasteiger partial charge is 0.0541 e. The van der Waals surface area contributed by atoms with Gasteiger partial charge in [-0.3, -0.25) is 0 Å². The number of aryl methyl sites for hydroxylation is 1. The molecule has 2 rings (SSSR count).